The second-order valence-corrected chi connectivity index (χ2v) is 4.40. The van der Waals surface area contributed by atoms with Crippen molar-refractivity contribution in [2.45, 2.75) is 38.1 Å². The average Bonchev–Trinajstić information content (AvgIpc) is 2.32. The van der Waals surface area contributed by atoms with Crippen molar-refractivity contribution in [1.82, 2.24) is 0 Å². The second-order valence-electron chi connectivity index (χ2n) is 4.40. The molecule has 0 spiro atoms. The molecular formula is C12H15FN2O2. The van der Waals surface area contributed by atoms with E-state index >= 15 is 0 Å². The van der Waals surface area contributed by atoms with Crippen molar-refractivity contribution >= 4 is 11.4 Å². The first-order valence-electron chi connectivity index (χ1n) is 5.87. The van der Waals surface area contributed by atoms with Gasteiger partial charge in [-0.15, -0.1) is 0 Å². The third-order valence-electron chi connectivity index (χ3n) is 3.12. The number of halogens is 1. The van der Waals surface area contributed by atoms with Gasteiger partial charge in [-0.2, -0.15) is 0 Å². The summed E-state index contributed by atoms with van der Waals surface area (Å²) in [5.74, 6) is -0.578. The van der Waals surface area contributed by atoms with Crippen LogP contribution in [0.3, 0.4) is 0 Å². The van der Waals surface area contributed by atoms with Crippen LogP contribution in [0.2, 0.25) is 0 Å². The standard InChI is InChI=1S/C12H15FN2O2/c13-9-6-7-11(12(8-9)15(16)17)14-10-4-2-1-3-5-10/h6-8,10,14H,1-5H2. The molecule has 0 aliphatic heterocycles. The van der Waals surface area contributed by atoms with Gasteiger partial charge in [0.05, 0.1) is 11.0 Å². The van der Waals surface area contributed by atoms with Crippen LogP contribution in [0.4, 0.5) is 15.8 Å². The Kier molecular flexibility index (Phi) is 3.56. The summed E-state index contributed by atoms with van der Waals surface area (Å²) < 4.78 is 13.0. The molecular weight excluding hydrogens is 223 g/mol. The van der Waals surface area contributed by atoms with E-state index in [0.717, 1.165) is 31.7 Å². The number of nitrogens with zero attached hydrogens (tertiary/aromatic N) is 1. The lowest BCUT2D eigenvalue weighted by molar-refractivity contribution is -0.384. The summed E-state index contributed by atoms with van der Waals surface area (Å²) in [6.45, 7) is 0. The quantitative estimate of drug-likeness (QED) is 0.648. The zero-order valence-electron chi connectivity index (χ0n) is 9.49. The van der Waals surface area contributed by atoms with E-state index in [4.69, 9.17) is 0 Å². The molecule has 1 aliphatic carbocycles. The van der Waals surface area contributed by atoms with Crippen LogP contribution in [0.1, 0.15) is 32.1 Å². The van der Waals surface area contributed by atoms with Crippen LogP contribution in [0.15, 0.2) is 18.2 Å². The highest BCUT2D eigenvalue weighted by atomic mass is 19.1. The zero-order valence-corrected chi connectivity index (χ0v) is 9.49. The van der Waals surface area contributed by atoms with E-state index in [0.29, 0.717) is 5.69 Å². The Morgan fingerprint density at radius 2 is 2.00 bits per heavy atom. The maximum absolute atomic E-state index is 13.0. The average molecular weight is 238 g/mol. The van der Waals surface area contributed by atoms with Gasteiger partial charge in [0, 0.05) is 6.04 Å². The highest BCUT2D eigenvalue weighted by Gasteiger charge is 2.19. The van der Waals surface area contributed by atoms with E-state index < -0.39 is 10.7 Å². The Labute approximate surface area is 99.0 Å². The fraction of sp³-hybridized carbons (Fsp3) is 0.500. The summed E-state index contributed by atoms with van der Waals surface area (Å²) in [7, 11) is 0. The summed E-state index contributed by atoms with van der Waals surface area (Å²) >= 11 is 0. The van der Waals surface area contributed by atoms with Gasteiger partial charge in [-0.1, -0.05) is 19.3 Å². The minimum atomic E-state index is -0.578. The van der Waals surface area contributed by atoms with Gasteiger partial charge in [0.15, 0.2) is 0 Å². The molecule has 0 atom stereocenters. The van der Waals surface area contributed by atoms with Gasteiger partial charge < -0.3 is 5.32 Å². The Balaban J connectivity index is 2.16. The van der Waals surface area contributed by atoms with Crippen LogP contribution in [0, 0.1) is 15.9 Å². The third-order valence-corrected chi connectivity index (χ3v) is 3.12. The molecule has 92 valence electrons. The maximum atomic E-state index is 13.0. The molecule has 0 saturated heterocycles. The Bertz CT molecular complexity index is 417. The number of hydrogen-bond acceptors (Lipinski definition) is 3. The molecule has 0 aromatic heterocycles. The van der Waals surface area contributed by atoms with E-state index in [-0.39, 0.29) is 11.7 Å². The van der Waals surface area contributed by atoms with Gasteiger partial charge in [0.1, 0.15) is 11.5 Å². The highest BCUT2D eigenvalue weighted by Crippen LogP contribution is 2.28. The van der Waals surface area contributed by atoms with Crippen LogP contribution >= 0.6 is 0 Å². The van der Waals surface area contributed by atoms with Gasteiger partial charge in [-0.25, -0.2) is 4.39 Å². The molecule has 1 saturated carbocycles. The maximum Gasteiger partial charge on any atom is 0.295 e. The topological polar surface area (TPSA) is 55.2 Å². The molecule has 0 radical (unpaired) electrons. The summed E-state index contributed by atoms with van der Waals surface area (Å²) in [5, 5.41) is 14.0. The molecule has 4 nitrogen and oxygen atoms in total. The number of anilines is 1. The molecule has 2 rings (SSSR count). The fourth-order valence-electron chi connectivity index (χ4n) is 2.24. The Morgan fingerprint density at radius 3 is 2.65 bits per heavy atom. The Morgan fingerprint density at radius 1 is 1.29 bits per heavy atom. The first kappa shape index (κ1) is 11.8. The van der Waals surface area contributed by atoms with Crippen molar-refractivity contribution in [2.75, 3.05) is 5.32 Å². The van der Waals surface area contributed by atoms with Crippen LogP contribution in [0.25, 0.3) is 0 Å². The number of nitro groups is 1. The van der Waals surface area contributed by atoms with Crippen molar-refractivity contribution in [3.63, 3.8) is 0 Å². The van der Waals surface area contributed by atoms with Crippen molar-refractivity contribution in [3.8, 4) is 0 Å². The lowest BCUT2D eigenvalue weighted by atomic mass is 9.95. The fourth-order valence-corrected chi connectivity index (χ4v) is 2.24. The Hall–Kier alpha value is -1.65. The largest absolute Gasteiger partial charge is 0.377 e. The molecule has 0 unspecified atom stereocenters. The molecule has 0 heterocycles. The highest BCUT2D eigenvalue weighted by molar-refractivity contribution is 5.61. The van der Waals surface area contributed by atoms with E-state index in [1.807, 2.05) is 0 Å². The predicted octanol–water partition coefficient (Wildman–Crippen LogP) is 3.48. The van der Waals surface area contributed by atoms with E-state index in [9.17, 15) is 14.5 Å². The minimum Gasteiger partial charge on any atom is -0.377 e. The number of rotatable bonds is 3. The summed E-state index contributed by atoms with van der Waals surface area (Å²) in [6.07, 6.45) is 5.56. The molecule has 1 aromatic carbocycles. The normalized spacial score (nSPS) is 16.8. The third kappa shape index (κ3) is 2.93. The van der Waals surface area contributed by atoms with Gasteiger partial charge in [0.2, 0.25) is 0 Å². The SMILES string of the molecule is O=[N+]([O-])c1cc(F)ccc1NC1CCCCC1. The predicted molar refractivity (Wildman–Crippen MR) is 63.6 cm³/mol. The van der Waals surface area contributed by atoms with Crippen molar-refractivity contribution in [3.05, 3.63) is 34.1 Å². The molecule has 0 bridgehead atoms. The number of hydrogen-bond donors (Lipinski definition) is 1. The molecule has 1 N–H and O–H groups in total. The summed E-state index contributed by atoms with van der Waals surface area (Å²) in [5.41, 5.74) is 0.235. The molecule has 1 aliphatic rings. The molecule has 0 amide bonds. The first-order valence-corrected chi connectivity index (χ1v) is 5.87. The van der Waals surface area contributed by atoms with Crippen LogP contribution < -0.4 is 5.32 Å². The molecule has 17 heavy (non-hydrogen) atoms. The summed E-state index contributed by atoms with van der Waals surface area (Å²) in [4.78, 5) is 10.3. The van der Waals surface area contributed by atoms with Gasteiger partial charge in [0.25, 0.3) is 5.69 Å². The first-order chi connectivity index (χ1) is 8.16. The monoisotopic (exact) mass is 238 g/mol. The molecule has 1 fully saturated rings. The summed E-state index contributed by atoms with van der Waals surface area (Å²) in [6, 6.07) is 3.93. The smallest absolute Gasteiger partial charge is 0.295 e. The number of nitrogens with one attached hydrogen (secondary N) is 1. The lowest BCUT2D eigenvalue weighted by Gasteiger charge is -2.23. The minimum absolute atomic E-state index is 0.185. The lowest BCUT2D eigenvalue weighted by Crippen LogP contribution is -2.22. The molecule has 1 aromatic rings. The van der Waals surface area contributed by atoms with Crippen molar-refractivity contribution < 1.29 is 9.31 Å². The van der Waals surface area contributed by atoms with Crippen molar-refractivity contribution in [1.29, 1.82) is 0 Å². The van der Waals surface area contributed by atoms with Crippen LogP contribution in [-0.2, 0) is 0 Å². The van der Waals surface area contributed by atoms with Gasteiger partial charge in [-0.3, -0.25) is 10.1 Å². The van der Waals surface area contributed by atoms with Crippen LogP contribution in [0.5, 0.6) is 0 Å². The molecule has 5 heteroatoms. The van der Waals surface area contributed by atoms with E-state index in [2.05, 4.69) is 5.32 Å². The van der Waals surface area contributed by atoms with Gasteiger partial charge in [-0.05, 0) is 25.0 Å². The number of nitro benzene ring substituents is 1. The second kappa shape index (κ2) is 5.12. The van der Waals surface area contributed by atoms with Gasteiger partial charge >= 0.3 is 0 Å². The van der Waals surface area contributed by atoms with Crippen LogP contribution in [-0.4, -0.2) is 11.0 Å². The number of benzene rings is 1. The van der Waals surface area contributed by atoms with E-state index in [1.165, 1.54) is 18.6 Å². The van der Waals surface area contributed by atoms with Crippen molar-refractivity contribution in [2.24, 2.45) is 0 Å². The van der Waals surface area contributed by atoms with E-state index in [1.54, 1.807) is 0 Å². The zero-order chi connectivity index (χ0) is 12.3.